The molecule has 3 aromatic carbocycles. The number of nitrogens with zero attached hydrogens (tertiary/aromatic N) is 4. The van der Waals surface area contributed by atoms with Crippen molar-refractivity contribution in [3.63, 3.8) is 0 Å². The molecular formula is C20H16N6O2. The van der Waals surface area contributed by atoms with Gasteiger partial charge in [-0.3, -0.25) is 10.2 Å². The predicted molar refractivity (Wildman–Crippen MR) is 108 cm³/mol. The number of aromatic nitrogens is 4. The number of aromatic hydroxyl groups is 1. The summed E-state index contributed by atoms with van der Waals surface area (Å²) in [5.41, 5.74) is 7.33. The van der Waals surface area contributed by atoms with E-state index in [1.165, 1.54) is 4.52 Å². The topological polar surface area (TPSA) is 96.5 Å². The number of phenolic OH excluding ortho intramolecular Hbond substituents is 1. The molecule has 3 N–H and O–H groups in total. The van der Waals surface area contributed by atoms with Gasteiger partial charge in [-0.05, 0) is 42.6 Å². The molecule has 0 saturated heterocycles. The van der Waals surface area contributed by atoms with Crippen LogP contribution in [0.4, 0.5) is 5.69 Å². The molecule has 0 aliphatic rings. The fourth-order valence-corrected chi connectivity index (χ4v) is 3.30. The molecule has 8 heteroatoms. The van der Waals surface area contributed by atoms with E-state index >= 15 is 0 Å². The van der Waals surface area contributed by atoms with E-state index in [4.69, 9.17) is 0 Å². The number of anilines is 1. The van der Waals surface area contributed by atoms with E-state index < -0.39 is 0 Å². The Labute approximate surface area is 158 Å². The minimum absolute atomic E-state index is 0.186. The lowest BCUT2D eigenvalue weighted by Crippen LogP contribution is -2.24. The number of rotatable bonds is 3. The molecule has 0 saturated carbocycles. The van der Waals surface area contributed by atoms with Gasteiger partial charge in [-0.2, -0.15) is 9.19 Å². The highest BCUT2D eigenvalue weighted by Crippen LogP contribution is 2.26. The molecule has 0 atom stereocenters. The summed E-state index contributed by atoms with van der Waals surface area (Å²) in [6.07, 6.45) is 0. The van der Waals surface area contributed by atoms with Gasteiger partial charge in [0.1, 0.15) is 5.75 Å². The van der Waals surface area contributed by atoms with Gasteiger partial charge < -0.3 is 5.11 Å². The van der Waals surface area contributed by atoms with Crippen LogP contribution in [0.25, 0.3) is 27.5 Å². The molecular weight excluding hydrogens is 356 g/mol. The van der Waals surface area contributed by atoms with E-state index in [0.29, 0.717) is 22.5 Å². The van der Waals surface area contributed by atoms with E-state index in [1.807, 2.05) is 30.3 Å². The van der Waals surface area contributed by atoms with Gasteiger partial charge in [-0.15, -0.1) is 5.10 Å². The van der Waals surface area contributed by atoms with Gasteiger partial charge in [-0.1, -0.05) is 30.3 Å². The SMILES string of the molecule is Cc1nn2c(=O)c3ccccc3nc2n1NNc1cccc2ccc(O)cc12. The summed E-state index contributed by atoms with van der Waals surface area (Å²) in [7, 11) is 0. The molecule has 138 valence electrons. The van der Waals surface area contributed by atoms with Gasteiger partial charge in [0.15, 0.2) is 5.82 Å². The van der Waals surface area contributed by atoms with Crippen molar-refractivity contribution in [1.82, 2.24) is 19.3 Å². The molecule has 0 aliphatic carbocycles. The third kappa shape index (κ3) is 2.43. The number of fused-ring (bicyclic) bond motifs is 3. The monoisotopic (exact) mass is 372 g/mol. The number of para-hydroxylation sites is 1. The Morgan fingerprint density at radius 2 is 1.86 bits per heavy atom. The van der Waals surface area contributed by atoms with Crippen molar-refractivity contribution in [3.05, 3.63) is 76.8 Å². The zero-order chi connectivity index (χ0) is 19.3. The minimum atomic E-state index is -0.223. The third-order valence-electron chi connectivity index (χ3n) is 4.67. The Morgan fingerprint density at radius 3 is 2.75 bits per heavy atom. The van der Waals surface area contributed by atoms with Gasteiger partial charge >= 0.3 is 0 Å². The molecule has 0 aliphatic heterocycles. The quantitative estimate of drug-likeness (QED) is 0.422. The van der Waals surface area contributed by atoms with Crippen molar-refractivity contribution in [1.29, 1.82) is 0 Å². The maximum Gasteiger partial charge on any atom is 0.283 e. The van der Waals surface area contributed by atoms with Gasteiger partial charge in [0.25, 0.3) is 11.3 Å². The van der Waals surface area contributed by atoms with Crippen LogP contribution in [0.2, 0.25) is 0 Å². The van der Waals surface area contributed by atoms with Crippen LogP contribution < -0.4 is 16.5 Å². The number of hydrogen-bond donors (Lipinski definition) is 3. The number of hydrazine groups is 1. The van der Waals surface area contributed by atoms with Gasteiger partial charge in [-0.25, -0.2) is 10.5 Å². The molecule has 5 aromatic rings. The fourth-order valence-electron chi connectivity index (χ4n) is 3.30. The second-order valence-corrected chi connectivity index (χ2v) is 6.48. The summed E-state index contributed by atoms with van der Waals surface area (Å²) in [6, 6.07) is 18.1. The van der Waals surface area contributed by atoms with E-state index in [2.05, 4.69) is 21.0 Å². The van der Waals surface area contributed by atoms with Gasteiger partial charge in [0, 0.05) is 5.39 Å². The average Bonchev–Trinajstić information content (AvgIpc) is 3.02. The zero-order valence-corrected chi connectivity index (χ0v) is 14.9. The molecule has 0 fully saturated rings. The molecule has 0 amide bonds. The number of aryl methyl sites for hydroxylation is 1. The maximum atomic E-state index is 12.7. The van der Waals surface area contributed by atoms with Crippen LogP contribution in [0.3, 0.4) is 0 Å². The Kier molecular flexibility index (Phi) is 3.45. The lowest BCUT2D eigenvalue weighted by Gasteiger charge is -2.14. The van der Waals surface area contributed by atoms with Crippen LogP contribution in [0.5, 0.6) is 5.75 Å². The molecule has 28 heavy (non-hydrogen) atoms. The summed E-state index contributed by atoms with van der Waals surface area (Å²) in [5.74, 6) is 1.12. The first-order valence-corrected chi connectivity index (χ1v) is 8.73. The van der Waals surface area contributed by atoms with E-state index in [0.717, 1.165) is 16.5 Å². The van der Waals surface area contributed by atoms with Crippen molar-refractivity contribution in [3.8, 4) is 5.75 Å². The summed E-state index contributed by atoms with van der Waals surface area (Å²) < 4.78 is 2.89. The van der Waals surface area contributed by atoms with Crippen molar-refractivity contribution in [2.24, 2.45) is 0 Å². The van der Waals surface area contributed by atoms with E-state index in [9.17, 15) is 9.90 Å². The number of nitrogens with one attached hydrogen (secondary N) is 2. The van der Waals surface area contributed by atoms with Crippen LogP contribution in [0.15, 0.2) is 65.5 Å². The first-order valence-electron chi connectivity index (χ1n) is 8.73. The molecule has 0 radical (unpaired) electrons. The summed E-state index contributed by atoms with van der Waals surface area (Å²) in [5, 5.41) is 16.5. The Hall–Kier alpha value is -4.07. The molecule has 2 aromatic heterocycles. The average molecular weight is 372 g/mol. The highest BCUT2D eigenvalue weighted by Gasteiger charge is 2.13. The normalized spacial score (nSPS) is 11.3. The second kappa shape index (κ2) is 5.98. The van der Waals surface area contributed by atoms with Crippen molar-refractivity contribution in [2.45, 2.75) is 6.92 Å². The third-order valence-corrected chi connectivity index (χ3v) is 4.67. The summed E-state index contributed by atoms with van der Waals surface area (Å²) in [4.78, 5) is 17.3. The standard InChI is InChI=1S/C20H16N6O2/c1-12-23-26-19(28)15-6-2-3-7-17(15)21-20(26)25(12)24-22-18-8-4-5-13-9-10-14(27)11-16(13)18/h2-11,22,24,27H,1H3. The maximum absolute atomic E-state index is 12.7. The number of phenols is 1. The van der Waals surface area contributed by atoms with Crippen molar-refractivity contribution in [2.75, 3.05) is 11.0 Å². The Bertz CT molecular complexity index is 1420. The van der Waals surface area contributed by atoms with Crippen LogP contribution >= 0.6 is 0 Å². The largest absolute Gasteiger partial charge is 0.508 e. The van der Waals surface area contributed by atoms with E-state index in [-0.39, 0.29) is 11.3 Å². The predicted octanol–water partition coefficient (Wildman–Crippen LogP) is 2.78. The van der Waals surface area contributed by atoms with E-state index in [1.54, 1.807) is 41.9 Å². The van der Waals surface area contributed by atoms with Crippen LogP contribution in [0.1, 0.15) is 5.82 Å². The molecule has 8 nitrogen and oxygen atoms in total. The zero-order valence-electron chi connectivity index (χ0n) is 14.9. The van der Waals surface area contributed by atoms with Gasteiger partial charge in [0.05, 0.1) is 16.6 Å². The highest BCUT2D eigenvalue weighted by atomic mass is 16.3. The van der Waals surface area contributed by atoms with Crippen LogP contribution in [-0.4, -0.2) is 24.4 Å². The fraction of sp³-hybridized carbons (Fsp3) is 0.0500. The minimum Gasteiger partial charge on any atom is -0.508 e. The molecule has 0 bridgehead atoms. The molecule has 2 heterocycles. The smallest absolute Gasteiger partial charge is 0.283 e. The second-order valence-electron chi connectivity index (χ2n) is 6.48. The van der Waals surface area contributed by atoms with Crippen molar-refractivity contribution >= 4 is 33.1 Å². The molecule has 5 rings (SSSR count). The molecule has 0 spiro atoms. The molecule has 0 unspecified atom stereocenters. The lowest BCUT2D eigenvalue weighted by molar-refractivity contribution is 0.476. The Morgan fingerprint density at radius 1 is 1.00 bits per heavy atom. The number of benzene rings is 3. The van der Waals surface area contributed by atoms with Crippen LogP contribution in [-0.2, 0) is 0 Å². The van der Waals surface area contributed by atoms with Crippen LogP contribution in [0, 0.1) is 6.92 Å². The first-order chi connectivity index (χ1) is 13.6. The summed E-state index contributed by atoms with van der Waals surface area (Å²) >= 11 is 0. The lowest BCUT2D eigenvalue weighted by atomic mass is 10.1. The Balaban J connectivity index is 1.60. The number of hydrogen-bond acceptors (Lipinski definition) is 6. The highest BCUT2D eigenvalue weighted by molar-refractivity contribution is 5.94. The van der Waals surface area contributed by atoms with Crippen molar-refractivity contribution < 1.29 is 5.11 Å². The first kappa shape index (κ1) is 16.1. The summed E-state index contributed by atoms with van der Waals surface area (Å²) in [6.45, 7) is 1.78. The van der Waals surface area contributed by atoms with Gasteiger partial charge in [0.2, 0.25) is 0 Å².